The number of nitrogens with zero attached hydrogens (tertiary/aromatic N) is 1. The van der Waals surface area contributed by atoms with Crippen LogP contribution < -0.4 is 10.5 Å². The second kappa shape index (κ2) is 8.91. The standard InChI is InChI=1S/C16H21BN2O9/c18-10(5-12(20)21)15(23)19-6-9(7-19)28-11-2-1-8(3-4-17(26)27)14(22)13(11)16(24)25/h1-2,9-10,22,26-27H,3-7,18H2,(H,20,21)(H,24,25)/t10-/m1/s1. The summed E-state index contributed by atoms with van der Waals surface area (Å²) < 4.78 is 5.55. The molecular weight excluding hydrogens is 375 g/mol. The molecule has 1 heterocycles. The molecule has 1 aromatic carbocycles. The second-order valence-electron chi connectivity index (χ2n) is 6.46. The number of likely N-dealkylation sites (tertiary alicyclic amines) is 1. The van der Waals surface area contributed by atoms with Crippen molar-refractivity contribution < 1.29 is 44.5 Å². The molecule has 28 heavy (non-hydrogen) atoms. The quantitative estimate of drug-likeness (QED) is 0.268. The number of aryl methyl sites for hydroxylation is 1. The molecule has 0 aromatic heterocycles. The third kappa shape index (κ3) is 5.12. The van der Waals surface area contributed by atoms with E-state index in [2.05, 4.69) is 0 Å². The van der Waals surface area contributed by atoms with E-state index in [1.807, 2.05) is 0 Å². The van der Waals surface area contributed by atoms with Gasteiger partial charge in [-0.3, -0.25) is 9.59 Å². The lowest BCUT2D eigenvalue weighted by molar-refractivity contribution is -0.146. The highest BCUT2D eigenvalue weighted by atomic mass is 16.5. The minimum Gasteiger partial charge on any atom is -0.507 e. The minimum absolute atomic E-state index is 0.0528. The van der Waals surface area contributed by atoms with Gasteiger partial charge >= 0.3 is 19.1 Å². The maximum Gasteiger partial charge on any atom is 0.451 e. The van der Waals surface area contributed by atoms with Crippen LogP contribution in [0.4, 0.5) is 0 Å². The lowest BCUT2D eigenvalue weighted by atomic mass is 9.82. The molecule has 1 atom stereocenters. The van der Waals surface area contributed by atoms with E-state index in [0.717, 1.165) is 0 Å². The third-order valence-corrected chi connectivity index (χ3v) is 4.27. The number of hydrogen-bond donors (Lipinski definition) is 6. The number of amides is 1. The van der Waals surface area contributed by atoms with E-state index in [1.54, 1.807) is 0 Å². The van der Waals surface area contributed by atoms with E-state index in [9.17, 15) is 24.6 Å². The van der Waals surface area contributed by atoms with Gasteiger partial charge in [0, 0.05) is 0 Å². The Hall–Kier alpha value is -2.83. The lowest BCUT2D eigenvalue weighted by Crippen LogP contribution is -2.60. The minimum atomic E-state index is -1.59. The van der Waals surface area contributed by atoms with Gasteiger partial charge in [-0.05, 0) is 24.4 Å². The Labute approximate surface area is 160 Å². The van der Waals surface area contributed by atoms with Crippen molar-refractivity contribution in [3.05, 3.63) is 23.3 Å². The number of benzene rings is 1. The van der Waals surface area contributed by atoms with Crippen molar-refractivity contribution in [2.75, 3.05) is 13.1 Å². The number of carboxylic acids is 2. The van der Waals surface area contributed by atoms with Gasteiger partial charge in [-0.15, -0.1) is 0 Å². The van der Waals surface area contributed by atoms with Gasteiger partial charge in [-0.1, -0.05) is 6.07 Å². The fourth-order valence-electron chi connectivity index (χ4n) is 2.79. The average Bonchev–Trinajstić information content (AvgIpc) is 2.55. The Bertz CT molecular complexity index is 765. The fraction of sp³-hybridized carbons (Fsp3) is 0.438. The first kappa shape index (κ1) is 21.5. The first-order valence-electron chi connectivity index (χ1n) is 8.47. The van der Waals surface area contributed by atoms with Crippen LogP contribution in [-0.4, -0.2) is 80.5 Å². The molecule has 0 bridgehead atoms. The molecule has 0 radical (unpaired) electrons. The van der Waals surface area contributed by atoms with Crippen molar-refractivity contribution >= 4 is 25.0 Å². The van der Waals surface area contributed by atoms with Crippen molar-refractivity contribution in [3.8, 4) is 11.5 Å². The number of carboxylic acid groups (broad SMARTS) is 2. The second-order valence-corrected chi connectivity index (χ2v) is 6.46. The van der Waals surface area contributed by atoms with Gasteiger partial charge in [0.2, 0.25) is 5.91 Å². The molecule has 0 aliphatic carbocycles. The SMILES string of the molecule is N[C@H](CC(=O)O)C(=O)N1CC(Oc2ccc(CCB(O)O)c(O)c2C(=O)O)C1. The van der Waals surface area contributed by atoms with Gasteiger partial charge in [0.1, 0.15) is 23.2 Å². The van der Waals surface area contributed by atoms with Crippen molar-refractivity contribution in [3.63, 3.8) is 0 Å². The average molecular weight is 396 g/mol. The summed E-state index contributed by atoms with van der Waals surface area (Å²) in [7, 11) is -1.59. The highest BCUT2D eigenvalue weighted by Gasteiger charge is 2.36. The normalized spacial score (nSPS) is 14.9. The molecule has 11 nitrogen and oxygen atoms in total. The number of aromatic carboxylic acids is 1. The van der Waals surface area contributed by atoms with Crippen LogP contribution in [0.25, 0.3) is 0 Å². The van der Waals surface area contributed by atoms with Crippen LogP contribution in [0.2, 0.25) is 6.32 Å². The number of rotatable bonds is 9. The number of phenols is 1. The Morgan fingerprint density at radius 2 is 1.89 bits per heavy atom. The lowest BCUT2D eigenvalue weighted by Gasteiger charge is -2.40. The zero-order valence-corrected chi connectivity index (χ0v) is 14.8. The third-order valence-electron chi connectivity index (χ3n) is 4.27. The number of ether oxygens (including phenoxy) is 1. The van der Waals surface area contributed by atoms with E-state index in [4.69, 9.17) is 25.6 Å². The van der Waals surface area contributed by atoms with E-state index in [-0.39, 0.29) is 37.1 Å². The van der Waals surface area contributed by atoms with Crippen molar-refractivity contribution in [2.24, 2.45) is 5.73 Å². The molecule has 1 fully saturated rings. The monoisotopic (exact) mass is 396 g/mol. The van der Waals surface area contributed by atoms with Gasteiger partial charge in [-0.25, -0.2) is 4.79 Å². The molecule has 7 N–H and O–H groups in total. The molecule has 2 rings (SSSR count). The van der Waals surface area contributed by atoms with Crippen LogP contribution in [-0.2, 0) is 16.0 Å². The summed E-state index contributed by atoms with van der Waals surface area (Å²) in [6.07, 6.45) is -1.06. The van der Waals surface area contributed by atoms with Crippen molar-refractivity contribution in [2.45, 2.75) is 31.3 Å². The maximum absolute atomic E-state index is 12.0. The van der Waals surface area contributed by atoms with Gasteiger partial charge in [-0.2, -0.15) is 0 Å². The number of carbonyl (C=O) groups excluding carboxylic acids is 1. The van der Waals surface area contributed by atoms with Crippen molar-refractivity contribution in [1.82, 2.24) is 4.90 Å². The van der Waals surface area contributed by atoms with Gasteiger partial charge in [0.25, 0.3) is 0 Å². The summed E-state index contributed by atoms with van der Waals surface area (Å²) in [5.74, 6) is -3.77. The Balaban J connectivity index is 2.03. The molecule has 0 unspecified atom stereocenters. The van der Waals surface area contributed by atoms with Gasteiger partial charge < -0.3 is 40.7 Å². The number of aliphatic carboxylic acids is 1. The van der Waals surface area contributed by atoms with Crippen LogP contribution in [0.15, 0.2) is 12.1 Å². The largest absolute Gasteiger partial charge is 0.507 e. The van der Waals surface area contributed by atoms with Gasteiger partial charge in [0.05, 0.1) is 25.6 Å². The number of nitrogens with two attached hydrogens (primary N) is 1. The fourth-order valence-corrected chi connectivity index (χ4v) is 2.79. The summed E-state index contributed by atoms with van der Waals surface area (Å²) in [5.41, 5.74) is 5.28. The summed E-state index contributed by atoms with van der Waals surface area (Å²) >= 11 is 0. The van der Waals surface area contributed by atoms with Crippen LogP contribution in [0.3, 0.4) is 0 Å². The summed E-state index contributed by atoms with van der Waals surface area (Å²) in [4.78, 5) is 35.4. The Morgan fingerprint density at radius 3 is 2.43 bits per heavy atom. The highest BCUT2D eigenvalue weighted by molar-refractivity contribution is 6.41. The van der Waals surface area contributed by atoms with Crippen molar-refractivity contribution in [1.29, 1.82) is 0 Å². The first-order chi connectivity index (χ1) is 13.1. The molecule has 1 aromatic rings. The van der Waals surface area contributed by atoms with Crippen LogP contribution >= 0.6 is 0 Å². The van der Waals surface area contributed by atoms with Crippen LogP contribution in [0, 0.1) is 0 Å². The van der Waals surface area contributed by atoms with Crippen LogP contribution in [0.5, 0.6) is 11.5 Å². The zero-order valence-electron chi connectivity index (χ0n) is 14.8. The molecule has 1 saturated heterocycles. The van der Waals surface area contributed by atoms with Crippen LogP contribution in [0.1, 0.15) is 22.3 Å². The van der Waals surface area contributed by atoms with E-state index in [0.29, 0.717) is 0 Å². The smallest absolute Gasteiger partial charge is 0.451 e. The molecule has 1 aliphatic heterocycles. The van der Waals surface area contributed by atoms with E-state index >= 15 is 0 Å². The molecule has 1 amide bonds. The molecule has 0 spiro atoms. The number of carbonyl (C=O) groups is 3. The predicted molar refractivity (Wildman–Crippen MR) is 95.0 cm³/mol. The Kier molecular flexibility index (Phi) is 6.83. The van der Waals surface area contributed by atoms with Gasteiger partial charge in [0.15, 0.2) is 0 Å². The molecule has 1 aliphatic rings. The molecule has 12 heteroatoms. The number of hydrogen-bond acceptors (Lipinski definition) is 8. The molecular formula is C16H21BN2O9. The molecule has 152 valence electrons. The molecule has 0 saturated carbocycles. The summed E-state index contributed by atoms with van der Waals surface area (Å²) in [6.45, 7) is 0.203. The Morgan fingerprint density at radius 1 is 1.25 bits per heavy atom. The summed E-state index contributed by atoms with van der Waals surface area (Å²) in [6, 6.07) is 1.60. The number of aromatic hydroxyl groups is 1. The predicted octanol–water partition coefficient (Wildman–Crippen LogP) is -1.50. The van der Waals surface area contributed by atoms with E-state index in [1.165, 1.54) is 17.0 Å². The topological polar surface area (TPSA) is 191 Å². The zero-order chi connectivity index (χ0) is 21.0. The van der Waals surface area contributed by atoms with E-state index < -0.39 is 54.8 Å². The summed E-state index contributed by atoms with van der Waals surface area (Å²) in [5, 5.41) is 46.1. The maximum atomic E-state index is 12.0. The first-order valence-corrected chi connectivity index (χ1v) is 8.47. The highest BCUT2D eigenvalue weighted by Crippen LogP contribution is 2.34.